The van der Waals surface area contributed by atoms with Crippen LogP contribution in [0.4, 0.5) is 4.79 Å². The molecule has 0 saturated carbocycles. The third kappa shape index (κ3) is 5.72. The van der Waals surface area contributed by atoms with Crippen molar-refractivity contribution in [2.45, 2.75) is 39.3 Å². The van der Waals surface area contributed by atoms with Gasteiger partial charge in [-0.3, -0.25) is 0 Å². The van der Waals surface area contributed by atoms with Gasteiger partial charge >= 0.3 is 12.0 Å². The van der Waals surface area contributed by atoms with Gasteiger partial charge in [-0.1, -0.05) is 48.7 Å². The van der Waals surface area contributed by atoms with Crippen LogP contribution >= 0.6 is 23.2 Å². The quantitative estimate of drug-likeness (QED) is 0.448. The maximum atomic E-state index is 12.8. The highest BCUT2D eigenvalue weighted by atomic mass is 35.5. The predicted octanol–water partition coefficient (Wildman–Crippen LogP) is 5.55. The van der Waals surface area contributed by atoms with Crippen LogP contribution in [0.15, 0.2) is 47.7 Å². The first-order valence-electron chi connectivity index (χ1n) is 10.6. The van der Waals surface area contributed by atoms with Crippen molar-refractivity contribution in [2.75, 3.05) is 13.7 Å². The van der Waals surface area contributed by atoms with Crippen LogP contribution in [0.2, 0.25) is 10.0 Å². The standard InChI is InChI=1S/C24H26Cl2N2O5/c1-4-7-18-21(23(29)32-5-2)22(28-24(30)27-18)14-10-11-19(20(12-14)31-3)33-13-15-16(25)8-6-9-17(15)26/h6,8-12,22H,4-5,7,13H2,1-3H3,(H2,27,28,30). The van der Waals surface area contributed by atoms with Crippen molar-refractivity contribution in [3.05, 3.63) is 68.8 Å². The number of hydrogen-bond acceptors (Lipinski definition) is 5. The zero-order valence-corrected chi connectivity index (χ0v) is 20.2. The SMILES string of the molecule is CCCC1=C(C(=O)OCC)C(c2ccc(OCc3c(Cl)cccc3Cl)c(OC)c2)NC(=O)N1. The largest absolute Gasteiger partial charge is 0.493 e. The molecular weight excluding hydrogens is 467 g/mol. The number of allylic oxidation sites excluding steroid dienone is 1. The molecule has 0 saturated heterocycles. The van der Waals surface area contributed by atoms with E-state index in [1.165, 1.54) is 7.11 Å². The van der Waals surface area contributed by atoms with Crippen molar-refractivity contribution in [2.24, 2.45) is 0 Å². The molecule has 2 aromatic rings. The number of benzene rings is 2. The molecule has 7 nitrogen and oxygen atoms in total. The minimum absolute atomic E-state index is 0.146. The van der Waals surface area contributed by atoms with Crippen LogP contribution in [0.25, 0.3) is 0 Å². The molecule has 0 bridgehead atoms. The maximum absolute atomic E-state index is 12.8. The Labute approximate surface area is 203 Å². The average molecular weight is 493 g/mol. The number of halogens is 2. The molecule has 1 unspecified atom stereocenters. The highest BCUT2D eigenvalue weighted by Crippen LogP contribution is 2.36. The summed E-state index contributed by atoms with van der Waals surface area (Å²) in [6, 6.07) is 9.37. The minimum atomic E-state index is -0.694. The highest BCUT2D eigenvalue weighted by Gasteiger charge is 2.33. The van der Waals surface area contributed by atoms with E-state index in [0.717, 1.165) is 6.42 Å². The van der Waals surface area contributed by atoms with E-state index in [2.05, 4.69) is 10.6 Å². The molecule has 2 N–H and O–H groups in total. The second-order valence-corrected chi connectivity index (χ2v) is 8.11. The number of amides is 2. The number of hydrogen-bond donors (Lipinski definition) is 2. The molecule has 0 fully saturated rings. The Kier molecular flexibility index (Phi) is 8.47. The average Bonchev–Trinajstić information content (AvgIpc) is 2.78. The summed E-state index contributed by atoms with van der Waals surface area (Å²) >= 11 is 12.5. The van der Waals surface area contributed by atoms with Crippen molar-refractivity contribution in [1.82, 2.24) is 10.6 Å². The lowest BCUT2D eigenvalue weighted by Crippen LogP contribution is -2.46. The normalized spacial score (nSPS) is 15.5. The first kappa shape index (κ1) is 24.7. The molecule has 33 heavy (non-hydrogen) atoms. The van der Waals surface area contributed by atoms with Gasteiger partial charge in [0.1, 0.15) is 6.61 Å². The molecular formula is C24H26Cl2N2O5. The summed E-state index contributed by atoms with van der Waals surface area (Å²) in [6.45, 7) is 4.08. The predicted molar refractivity (Wildman–Crippen MR) is 127 cm³/mol. The first-order valence-corrected chi connectivity index (χ1v) is 11.4. The molecule has 1 aliphatic rings. The molecule has 0 aliphatic carbocycles. The number of ether oxygens (including phenoxy) is 3. The van der Waals surface area contributed by atoms with Gasteiger partial charge in [0.15, 0.2) is 11.5 Å². The fraction of sp³-hybridized carbons (Fsp3) is 0.333. The van der Waals surface area contributed by atoms with E-state index in [-0.39, 0.29) is 19.2 Å². The Morgan fingerprint density at radius 2 is 1.82 bits per heavy atom. The third-order valence-corrected chi connectivity index (χ3v) is 5.81. The maximum Gasteiger partial charge on any atom is 0.338 e. The molecule has 3 rings (SSSR count). The third-order valence-electron chi connectivity index (χ3n) is 5.10. The van der Waals surface area contributed by atoms with Crippen LogP contribution in [0.5, 0.6) is 11.5 Å². The number of rotatable bonds is 9. The van der Waals surface area contributed by atoms with Crippen LogP contribution < -0.4 is 20.1 Å². The van der Waals surface area contributed by atoms with Gasteiger partial charge in [-0.05, 0) is 43.2 Å². The number of carbonyl (C=O) groups is 2. The Morgan fingerprint density at radius 3 is 2.45 bits per heavy atom. The number of esters is 1. The first-order chi connectivity index (χ1) is 15.9. The zero-order chi connectivity index (χ0) is 24.0. The molecule has 2 aromatic carbocycles. The van der Waals surface area contributed by atoms with Gasteiger partial charge in [0.2, 0.25) is 0 Å². The Hall–Kier alpha value is -2.90. The van der Waals surface area contributed by atoms with Crippen LogP contribution in [-0.2, 0) is 16.1 Å². The zero-order valence-electron chi connectivity index (χ0n) is 18.7. The smallest absolute Gasteiger partial charge is 0.338 e. The van der Waals surface area contributed by atoms with E-state index in [9.17, 15) is 9.59 Å². The van der Waals surface area contributed by atoms with E-state index in [0.29, 0.717) is 50.4 Å². The number of carbonyl (C=O) groups excluding carboxylic acids is 2. The van der Waals surface area contributed by atoms with Crippen molar-refractivity contribution in [1.29, 1.82) is 0 Å². The van der Waals surface area contributed by atoms with Crippen LogP contribution in [0.3, 0.4) is 0 Å². The lowest BCUT2D eigenvalue weighted by Gasteiger charge is -2.29. The summed E-state index contributed by atoms with van der Waals surface area (Å²) in [5.74, 6) is 0.419. The molecule has 9 heteroatoms. The van der Waals surface area contributed by atoms with Crippen LogP contribution in [0, 0.1) is 0 Å². The second-order valence-electron chi connectivity index (χ2n) is 7.29. The monoisotopic (exact) mass is 492 g/mol. The summed E-state index contributed by atoms with van der Waals surface area (Å²) < 4.78 is 16.7. The summed E-state index contributed by atoms with van der Waals surface area (Å²) in [6.07, 6.45) is 1.29. The Morgan fingerprint density at radius 1 is 1.09 bits per heavy atom. The summed E-state index contributed by atoms with van der Waals surface area (Å²) in [4.78, 5) is 25.1. The Balaban J connectivity index is 1.94. The minimum Gasteiger partial charge on any atom is -0.493 e. The van der Waals surface area contributed by atoms with Crippen molar-refractivity contribution in [3.63, 3.8) is 0 Å². The Bertz CT molecular complexity index is 1050. The molecule has 0 spiro atoms. The summed E-state index contributed by atoms with van der Waals surface area (Å²) in [5, 5.41) is 6.56. The van der Waals surface area contributed by atoms with E-state index < -0.39 is 12.0 Å². The highest BCUT2D eigenvalue weighted by molar-refractivity contribution is 6.35. The topological polar surface area (TPSA) is 85.9 Å². The fourth-order valence-corrected chi connectivity index (χ4v) is 4.07. The van der Waals surface area contributed by atoms with Gasteiger partial charge in [-0.2, -0.15) is 0 Å². The molecule has 1 heterocycles. The van der Waals surface area contributed by atoms with Gasteiger partial charge in [-0.25, -0.2) is 9.59 Å². The van der Waals surface area contributed by atoms with Gasteiger partial charge < -0.3 is 24.8 Å². The molecule has 2 amide bonds. The summed E-state index contributed by atoms with van der Waals surface area (Å²) in [7, 11) is 1.51. The van der Waals surface area contributed by atoms with Crippen molar-refractivity contribution >= 4 is 35.2 Å². The summed E-state index contributed by atoms with van der Waals surface area (Å²) in [5.41, 5.74) is 2.24. The van der Waals surface area contributed by atoms with E-state index >= 15 is 0 Å². The fourth-order valence-electron chi connectivity index (χ4n) is 3.57. The van der Waals surface area contributed by atoms with Gasteiger partial charge in [0.05, 0.1) is 25.3 Å². The van der Waals surface area contributed by atoms with E-state index in [1.54, 1.807) is 43.3 Å². The lowest BCUT2D eigenvalue weighted by atomic mass is 9.93. The number of methoxy groups -OCH3 is 1. The second kappa shape index (κ2) is 11.3. The molecule has 1 atom stereocenters. The molecule has 1 aliphatic heterocycles. The van der Waals surface area contributed by atoms with Gasteiger partial charge in [0.25, 0.3) is 0 Å². The van der Waals surface area contributed by atoms with Crippen LogP contribution in [0.1, 0.15) is 43.9 Å². The number of urea groups is 1. The molecule has 0 aromatic heterocycles. The van der Waals surface area contributed by atoms with Gasteiger partial charge in [0, 0.05) is 21.3 Å². The molecule has 0 radical (unpaired) electrons. The molecule has 176 valence electrons. The lowest BCUT2D eigenvalue weighted by molar-refractivity contribution is -0.139. The van der Waals surface area contributed by atoms with Gasteiger partial charge in [-0.15, -0.1) is 0 Å². The van der Waals surface area contributed by atoms with Crippen molar-refractivity contribution in [3.8, 4) is 11.5 Å². The van der Waals surface area contributed by atoms with E-state index in [4.69, 9.17) is 37.4 Å². The van der Waals surface area contributed by atoms with E-state index in [1.807, 2.05) is 6.92 Å². The van der Waals surface area contributed by atoms with Crippen molar-refractivity contribution < 1.29 is 23.8 Å². The number of nitrogens with one attached hydrogen (secondary N) is 2. The van der Waals surface area contributed by atoms with Crippen LogP contribution in [-0.4, -0.2) is 25.7 Å².